The molecule has 45 heavy (non-hydrogen) atoms. The molecule has 0 radical (unpaired) electrons. The van der Waals surface area contributed by atoms with Gasteiger partial charge in [-0.3, -0.25) is 0 Å². The zero-order valence-electron chi connectivity index (χ0n) is 21.6. The lowest BCUT2D eigenvalue weighted by Gasteiger charge is -2.23. The second-order valence-electron chi connectivity index (χ2n) is 9.68. The van der Waals surface area contributed by atoms with Crippen LogP contribution in [-0.4, -0.2) is 4.57 Å². The first kappa shape index (κ1) is 30.0. The molecule has 230 valence electrons. The largest absolute Gasteiger partial charge is 0.416 e. The van der Waals surface area contributed by atoms with Gasteiger partial charge in [0.15, 0.2) is 46.5 Å². The van der Waals surface area contributed by atoms with E-state index in [0.717, 1.165) is 4.57 Å². The van der Waals surface area contributed by atoms with Gasteiger partial charge in [0.1, 0.15) is 0 Å². The Hall–Kier alpha value is -5.01. The van der Waals surface area contributed by atoms with Gasteiger partial charge in [-0.05, 0) is 24.3 Å². The highest BCUT2D eigenvalue weighted by Crippen LogP contribution is 2.48. The molecule has 0 bridgehead atoms. The summed E-state index contributed by atoms with van der Waals surface area (Å²) in [6.45, 7) is 0. The van der Waals surface area contributed by atoms with Crippen LogP contribution in [0.5, 0.6) is 0 Å². The summed E-state index contributed by atoms with van der Waals surface area (Å²) in [6.07, 6.45) is -5.54. The Morgan fingerprint density at radius 1 is 0.422 bits per heavy atom. The van der Waals surface area contributed by atoms with Crippen LogP contribution in [0.1, 0.15) is 5.56 Å². The van der Waals surface area contributed by atoms with E-state index in [2.05, 4.69) is 0 Å². The number of para-hydroxylation sites is 2. The van der Waals surface area contributed by atoms with Crippen LogP contribution in [0.25, 0.3) is 49.7 Å². The van der Waals surface area contributed by atoms with Crippen LogP contribution >= 0.6 is 0 Å². The molecule has 1 heterocycles. The molecule has 1 aromatic heterocycles. The van der Waals surface area contributed by atoms with Gasteiger partial charge in [-0.15, -0.1) is 0 Å². The number of halogens is 13. The average Bonchev–Trinajstić information content (AvgIpc) is 3.34. The topological polar surface area (TPSA) is 4.93 Å². The summed E-state index contributed by atoms with van der Waals surface area (Å²) < 4.78 is 191. The fourth-order valence-electron chi connectivity index (χ4n) is 5.27. The maximum atomic E-state index is 15.3. The Labute approximate surface area is 242 Å². The van der Waals surface area contributed by atoms with Crippen LogP contribution in [0.4, 0.5) is 57.1 Å². The number of rotatable bonds is 3. The number of benzene rings is 5. The van der Waals surface area contributed by atoms with E-state index in [4.69, 9.17) is 0 Å². The molecular weight excluding hydrogens is 633 g/mol. The van der Waals surface area contributed by atoms with E-state index < -0.39 is 97.9 Å². The van der Waals surface area contributed by atoms with Gasteiger partial charge >= 0.3 is 6.18 Å². The first-order chi connectivity index (χ1) is 21.2. The van der Waals surface area contributed by atoms with E-state index in [-0.39, 0.29) is 33.9 Å². The zero-order valence-corrected chi connectivity index (χ0v) is 21.6. The van der Waals surface area contributed by atoms with Crippen molar-refractivity contribution in [2.45, 2.75) is 6.18 Å². The van der Waals surface area contributed by atoms with Crippen LogP contribution < -0.4 is 0 Å². The Morgan fingerprint density at radius 2 is 0.733 bits per heavy atom. The molecule has 0 N–H and O–H groups in total. The van der Waals surface area contributed by atoms with Crippen molar-refractivity contribution < 1.29 is 57.1 Å². The summed E-state index contributed by atoms with van der Waals surface area (Å²) in [6, 6.07) is 11.2. The third-order valence-corrected chi connectivity index (χ3v) is 7.20. The van der Waals surface area contributed by atoms with Crippen molar-refractivity contribution in [3.8, 4) is 27.9 Å². The standard InChI is InChI=1S/C31H10F13N/c32-20-18(21(33)25(37)28(40)24(20)36)14-9-11(31(42,43)44)10-15(19-22(34)26(38)29(41)27(39)23(19)35)30(14)45-16-7-3-1-5-12(16)13-6-2-4-8-17(13)45/h1-10H. The van der Waals surface area contributed by atoms with Crippen molar-refractivity contribution in [3.63, 3.8) is 0 Å². The summed E-state index contributed by atoms with van der Waals surface area (Å²) >= 11 is 0. The summed E-state index contributed by atoms with van der Waals surface area (Å²) in [5, 5.41) is 0.555. The van der Waals surface area contributed by atoms with Crippen molar-refractivity contribution in [1.29, 1.82) is 0 Å². The number of fused-ring (bicyclic) bond motifs is 3. The molecule has 0 saturated heterocycles. The summed E-state index contributed by atoms with van der Waals surface area (Å²) in [5.74, 6) is -26.2. The fraction of sp³-hybridized carbons (Fsp3) is 0.0323. The van der Waals surface area contributed by atoms with Crippen molar-refractivity contribution in [3.05, 3.63) is 124 Å². The predicted molar refractivity (Wildman–Crippen MR) is 136 cm³/mol. The van der Waals surface area contributed by atoms with Gasteiger partial charge in [0, 0.05) is 21.9 Å². The number of alkyl halides is 3. The van der Waals surface area contributed by atoms with Crippen molar-refractivity contribution in [2.24, 2.45) is 0 Å². The molecular formula is C31H10F13N. The smallest absolute Gasteiger partial charge is 0.308 e. The maximum absolute atomic E-state index is 15.3. The lowest BCUT2D eigenvalue weighted by Crippen LogP contribution is -2.13. The quantitative estimate of drug-likeness (QED) is 0.103. The molecule has 0 atom stereocenters. The van der Waals surface area contributed by atoms with Gasteiger partial charge in [0.05, 0.1) is 33.4 Å². The van der Waals surface area contributed by atoms with E-state index in [1.807, 2.05) is 0 Å². The Balaban J connectivity index is 1.97. The average molecular weight is 643 g/mol. The third-order valence-electron chi connectivity index (χ3n) is 7.20. The normalized spacial score (nSPS) is 12.1. The highest BCUT2D eigenvalue weighted by Gasteiger charge is 2.38. The maximum Gasteiger partial charge on any atom is 0.416 e. The second kappa shape index (κ2) is 10.3. The van der Waals surface area contributed by atoms with Crippen LogP contribution in [0.15, 0.2) is 60.7 Å². The molecule has 0 spiro atoms. The van der Waals surface area contributed by atoms with Crippen molar-refractivity contribution >= 4 is 21.8 Å². The Bertz CT molecular complexity index is 2010. The minimum atomic E-state index is -5.54. The van der Waals surface area contributed by atoms with Crippen LogP contribution in [0.2, 0.25) is 0 Å². The van der Waals surface area contributed by atoms with Crippen LogP contribution in [0, 0.1) is 58.2 Å². The summed E-state index contributed by atoms with van der Waals surface area (Å²) in [7, 11) is 0. The van der Waals surface area contributed by atoms with E-state index in [1.165, 1.54) is 48.5 Å². The lowest BCUT2D eigenvalue weighted by molar-refractivity contribution is -0.137. The van der Waals surface area contributed by atoms with Crippen LogP contribution in [-0.2, 0) is 6.18 Å². The number of aromatic nitrogens is 1. The molecule has 0 unspecified atom stereocenters. The molecule has 0 aliphatic carbocycles. The SMILES string of the molecule is Fc1c(F)c(F)c(-c2cc(C(F)(F)F)cc(-c3c(F)c(F)c(F)c(F)c3F)c2-n2c3ccccc3c3ccccc32)c(F)c1F. The number of nitrogens with zero attached hydrogens (tertiary/aromatic N) is 1. The highest BCUT2D eigenvalue weighted by atomic mass is 19.4. The Morgan fingerprint density at radius 3 is 1.07 bits per heavy atom. The molecule has 6 rings (SSSR count). The Kier molecular flexibility index (Phi) is 6.86. The zero-order chi connectivity index (χ0) is 32.7. The molecule has 0 fully saturated rings. The van der Waals surface area contributed by atoms with Gasteiger partial charge in [0.2, 0.25) is 11.6 Å². The minimum absolute atomic E-state index is 0.0475. The number of hydrogen-bond acceptors (Lipinski definition) is 0. The monoisotopic (exact) mass is 643 g/mol. The van der Waals surface area contributed by atoms with Gasteiger partial charge < -0.3 is 4.57 Å². The molecule has 6 aromatic rings. The fourth-order valence-corrected chi connectivity index (χ4v) is 5.27. The number of hydrogen-bond donors (Lipinski definition) is 0. The van der Waals surface area contributed by atoms with Gasteiger partial charge in [-0.1, -0.05) is 36.4 Å². The van der Waals surface area contributed by atoms with Gasteiger partial charge in [0.25, 0.3) is 0 Å². The minimum Gasteiger partial charge on any atom is -0.308 e. The molecule has 14 heteroatoms. The molecule has 0 aliphatic heterocycles. The first-order valence-electron chi connectivity index (χ1n) is 12.4. The van der Waals surface area contributed by atoms with Gasteiger partial charge in [-0.25, -0.2) is 43.9 Å². The molecule has 5 aromatic carbocycles. The third kappa shape index (κ3) is 4.33. The van der Waals surface area contributed by atoms with E-state index in [0.29, 0.717) is 0 Å². The van der Waals surface area contributed by atoms with E-state index in [9.17, 15) is 39.5 Å². The summed E-state index contributed by atoms with van der Waals surface area (Å²) in [4.78, 5) is 0. The van der Waals surface area contributed by atoms with Crippen LogP contribution in [0.3, 0.4) is 0 Å². The second-order valence-corrected chi connectivity index (χ2v) is 9.68. The molecule has 0 aliphatic rings. The summed E-state index contributed by atoms with van der Waals surface area (Å²) in [5.41, 5.74) is -10.0. The predicted octanol–water partition coefficient (Wildman–Crippen LogP) is 10.5. The molecule has 0 amide bonds. The lowest BCUT2D eigenvalue weighted by atomic mass is 9.91. The van der Waals surface area contributed by atoms with Crippen molar-refractivity contribution in [1.82, 2.24) is 4.57 Å². The molecule has 0 saturated carbocycles. The van der Waals surface area contributed by atoms with Crippen molar-refractivity contribution in [2.75, 3.05) is 0 Å². The van der Waals surface area contributed by atoms with E-state index in [1.54, 1.807) is 0 Å². The highest BCUT2D eigenvalue weighted by molar-refractivity contribution is 6.10. The molecule has 1 nitrogen and oxygen atoms in total. The first-order valence-corrected chi connectivity index (χ1v) is 12.4. The van der Waals surface area contributed by atoms with Gasteiger partial charge in [-0.2, -0.15) is 13.2 Å². The van der Waals surface area contributed by atoms with E-state index >= 15 is 17.6 Å².